The third-order valence-electron chi connectivity index (χ3n) is 2.72. The molecule has 2 rings (SSSR count). The summed E-state index contributed by atoms with van der Waals surface area (Å²) in [6, 6.07) is 9.11. The normalized spacial score (nSPS) is 10.2. The number of nitrogens with zero attached hydrogens (tertiary/aromatic N) is 1. The first-order valence-electron chi connectivity index (χ1n) is 5.64. The molecule has 2 aromatic rings. The monoisotopic (exact) mass is 261 g/mol. The summed E-state index contributed by atoms with van der Waals surface area (Å²) in [5.41, 5.74) is -0.189. The van der Waals surface area contributed by atoms with Crippen LogP contribution in [-0.4, -0.2) is 17.6 Å². The number of aromatic nitrogens is 1. The number of benzene rings is 1. The molecule has 0 saturated heterocycles. The predicted octanol–water partition coefficient (Wildman–Crippen LogP) is 1.82. The van der Waals surface area contributed by atoms with E-state index in [1.165, 1.54) is 30.0 Å². The van der Waals surface area contributed by atoms with Gasteiger partial charge in [-0.1, -0.05) is 18.2 Å². The van der Waals surface area contributed by atoms with Gasteiger partial charge in [0, 0.05) is 11.8 Å². The van der Waals surface area contributed by atoms with E-state index >= 15 is 0 Å². The molecule has 0 radical (unpaired) electrons. The second-order valence-corrected chi connectivity index (χ2v) is 3.94. The first kappa shape index (κ1) is 13.0. The Bertz CT molecular complexity index is 664. The first-order valence-corrected chi connectivity index (χ1v) is 5.64. The molecule has 0 fully saturated rings. The van der Waals surface area contributed by atoms with Crippen LogP contribution in [0.15, 0.2) is 47.4 Å². The number of ether oxygens (including phenoxy) is 1. The van der Waals surface area contributed by atoms with Crippen LogP contribution in [0.5, 0.6) is 0 Å². The molecule has 0 aliphatic heterocycles. The molecule has 0 N–H and O–H groups in total. The van der Waals surface area contributed by atoms with Crippen molar-refractivity contribution in [3.63, 3.8) is 0 Å². The SMILES string of the molecule is COC(=O)c1cccn(Cc2ccccc2F)c1=O. The van der Waals surface area contributed by atoms with E-state index in [1.807, 2.05) is 0 Å². The van der Waals surface area contributed by atoms with Crippen LogP contribution in [0.2, 0.25) is 0 Å². The minimum Gasteiger partial charge on any atom is -0.465 e. The highest BCUT2D eigenvalue weighted by molar-refractivity contribution is 5.88. The molecule has 0 bridgehead atoms. The van der Waals surface area contributed by atoms with E-state index in [4.69, 9.17) is 0 Å². The summed E-state index contributed by atoms with van der Waals surface area (Å²) in [5, 5.41) is 0. The van der Waals surface area contributed by atoms with Crippen LogP contribution in [0.4, 0.5) is 4.39 Å². The Balaban J connectivity index is 2.40. The standard InChI is InChI=1S/C14H12FNO3/c1-19-14(18)11-6-4-8-16(13(11)17)9-10-5-2-3-7-12(10)15/h2-8H,9H2,1H3. The fraction of sp³-hybridized carbons (Fsp3) is 0.143. The lowest BCUT2D eigenvalue weighted by Gasteiger charge is -2.08. The molecule has 5 heteroatoms. The number of esters is 1. The molecular formula is C14H12FNO3. The third-order valence-corrected chi connectivity index (χ3v) is 2.72. The maximum absolute atomic E-state index is 13.5. The largest absolute Gasteiger partial charge is 0.465 e. The lowest BCUT2D eigenvalue weighted by molar-refractivity contribution is 0.0598. The fourth-order valence-electron chi connectivity index (χ4n) is 1.74. The van der Waals surface area contributed by atoms with Gasteiger partial charge < -0.3 is 9.30 Å². The van der Waals surface area contributed by atoms with Crippen LogP contribution in [0, 0.1) is 5.82 Å². The van der Waals surface area contributed by atoms with Gasteiger partial charge in [-0.3, -0.25) is 4.79 Å². The van der Waals surface area contributed by atoms with Crippen molar-refractivity contribution in [2.75, 3.05) is 7.11 Å². The minimum atomic E-state index is -0.701. The number of hydrogen-bond donors (Lipinski definition) is 0. The maximum Gasteiger partial charge on any atom is 0.343 e. The Morgan fingerprint density at radius 2 is 2.00 bits per heavy atom. The molecule has 98 valence electrons. The molecule has 4 nitrogen and oxygen atoms in total. The lowest BCUT2D eigenvalue weighted by Crippen LogP contribution is -2.26. The summed E-state index contributed by atoms with van der Waals surface area (Å²) < 4.78 is 19.3. The van der Waals surface area contributed by atoms with Gasteiger partial charge >= 0.3 is 5.97 Å². The van der Waals surface area contributed by atoms with Crippen LogP contribution in [0.1, 0.15) is 15.9 Å². The van der Waals surface area contributed by atoms with Crippen LogP contribution in [-0.2, 0) is 11.3 Å². The summed E-state index contributed by atoms with van der Waals surface area (Å²) in [5.74, 6) is -1.09. The van der Waals surface area contributed by atoms with Crippen molar-refractivity contribution >= 4 is 5.97 Å². The second-order valence-electron chi connectivity index (χ2n) is 3.94. The van der Waals surface area contributed by atoms with Crippen LogP contribution in [0.3, 0.4) is 0 Å². The summed E-state index contributed by atoms with van der Waals surface area (Å²) in [6.45, 7) is 0.0658. The van der Waals surface area contributed by atoms with E-state index < -0.39 is 17.3 Å². The molecule has 0 aliphatic carbocycles. The number of methoxy groups -OCH3 is 1. The van der Waals surface area contributed by atoms with Crippen LogP contribution >= 0.6 is 0 Å². The summed E-state index contributed by atoms with van der Waals surface area (Å²) in [6.07, 6.45) is 1.50. The quantitative estimate of drug-likeness (QED) is 0.792. The first-order chi connectivity index (χ1) is 9.13. The Hall–Kier alpha value is -2.43. The van der Waals surface area contributed by atoms with Crippen molar-refractivity contribution in [3.05, 3.63) is 69.9 Å². The van der Waals surface area contributed by atoms with E-state index in [2.05, 4.69) is 4.74 Å². The van der Waals surface area contributed by atoms with Gasteiger partial charge in [-0.25, -0.2) is 9.18 Å². The summed E-state index contributed by atoms with van der Waals surface area (Å²) in [4.78, 5) is 23.4. The van der Waals surface area contributed by atoms with Gasteiger partial charge in [0.25, 0.3) is 5.56 Å². The molecule has 0 aliphatic rings. The molecule has 0 unspecified atom stereocenters. The lowest BCUT2D eigenvalue weighted by atomic mass is 10.2. The Morgan fingerprint density at radius 1 is 1.26 bits per heavy atom. The van der Waals surface area contributed by atoms with Crippen LogP contribution in [0.25, 0.3) is 0 Å². The van der Waals surface area contributed by atoms with Crippen molar-refractivity contribution in [1.82, 2.24) is 4.57 Å². The average molecular weight is 261 g/mol. The van der Waals surface area contributed by atoms with Gasteiger partial charge in [0.2, 0.25) is 0 Å². The molecule has 1 heterocycles. The maximum atomic E-state index is 13.5. The number of pyridine rings is 1. The molecule has 19 heavy (non-hydrogen) atoms. The number of rotatable bonds is 3. The van der Waals surface area contributed by atoms with Crippen molar-refractivity contribution in [1.29, 1.82) is 0 Å². The predicted molar refractivity (Wildman–Crippen MR) is 67.5 cm³/mol. The molecule has 0 spiro atoms. The average Bonchev–Trinajstić information content (AvgIpc) is 2.42. The number of carbonyl (C=O) groups is 1. The van der Waals surface area contributed by atoms with Gasteiger partial charge in [0.1, 0.15) is 11.4 Å². The number of carbonyl (C=O) groups excluding carboxylic acids is 1. The highest BCUT2D eigenvalue weighted by Crippen LogP contribution is 2.07. The highest BCUT2D eigenvalue weighted by atomic mass is 19.1. The number of hydrogen-bond acceptors (Lipinski definition) is 3. The van der Waals surface area contributed by atoms with Gasteiger partial charge in [-0.2, -0.15) is 0 Å². The Kier molecular flexibility index (Phi) is 3.75. The minimum absolute atomic E-state index is 0.0658. The zero-order valence-electron chi connectivity index (χ0n) is 10.3. The van der Waals surface area contributed by atoms with Crippen molar-refractivity contribution in [2.45, 2.75) is 6.54 Å². The van der Waals surface area contributed by atoms with Crippen molar-refractivity contribution in [3.8, 4) is 0 Å². The smallest absolute Gasteiger partial charge is 0.343 e. The molecule has 0 saturated carbocycles. The van der Waals surface area contributed by atoms with E-state index in [0.717, 1.165) is 0 Å². The zero-order chi connectivity index (χ0) is 13.8. The van der Waals surface area contributed by atoms with E-state index in [0.29, 0.717) is 5.56 Å². The number of halogens is 1. The van der Waals surface area contributed by atoms with Crippen LogP contribution < -0.4 is 5.56 Å². The van der Waals surface area contributed by atoms with Gasteiger partial charge in [0.05, 0.1) is 13.7 Å². The molecule has 1 aromatic carbocycles. The van der Waals surface area contributed by atoms with Gasteiger partial charge in [-0.15, -0.1) is 0 Å². The topological polar surface area (TPSA) is 48.3 Å². The zero-order valence-corrected chi connectivity index (χ0v) is 10.3. The van der Waals surface area contributed by atoms with Gasteiger partial charge in [0.15, 0.2) is 0 Å². The molecule has 1 aromatic heterocycles. The van der Waals surface area contributed by atoms with E-state index in [-0.39, 0.29) is 12.1 Å². The fourth-order valence-corrected chi connectivity index (χ4v) is 1.74. The third kappa shape index (κ3) is 2.70. The summed E-state index contributed by atoms with van der Waals surface area (Å²) >= 11 is 0. The highest BCUT2D eigenvalue weighted by Gasteiger charge is 2.12. The molecule has 0 atom stereocenters. The van der Waals surface area contributed by atoms with Gasteiger partial charge in [-0.05, 0) is 18.2 Å². The van der Waals surface area contributed by atoms with Crippen molar-refractivity contribution in [2.24, 2.45) is 0 Å². The van der Waals surface area contributed by atoms with Crippen molar-refractivity contribution < 1.29 is 13.9 Å². The summed E-state index contributed by atoms with van der Waals surface area (Å²) in [7, 11) is 1.20. The Morgan fingerprint density at radius 3 is 2.68 bits per heavy atom. The molecular weight excluding hydrogens is 249 g/mol. The Labute approximate surface area is 109 Å². The molecule has 0 amide bonds. The van der Waals surface area contributed by atoms with E-state index in [9.17, 15) is 14.0 Å². The van der Waals surface area contributed by atoms with E-state index in [1.54, 1.807) is 24.3 Å². The second kappa shape index (κ2) is 5.48.